The molecule has 20 heavy (non-hydrogen) atoms. The standard InChI is InChI=1S/C17H21N3/c1-3-18-17-11-14(8-9-19-17)12-20-13(2)10-15-6-4-5-7-16(15)20/h4-9,11,13H,3,10,12H2,1-2H3,(H,18,19). The van der Waals surface area contributed by atoms with Crippen molar-refractivity contribution in [1.29, 1.82) is 0 Å². The van der Waals surface area contributed by atoms with Gasteiger partial charge in [-0.1, -0.05) is 18.2 Å². The highest BCUT2D eigenvalue weighted by Gasteiger charge is 2.25. The van der Waals surface area contributed by atoms with Crippen LogP contribution in [0.1, 0.15) is 25.0 Å². The van der Waals surface area contributed by atoms with Crippen LogP contribution in [0.5, 0.6) is 0 Å². The maximum absolute atomic E-state index is 4.34. The largest absolute Gasteiger partial charge is 0.370 e. The van der Waals surface area contributed by atoms with Crippen LogP contribution in [-0.2, 0) is 13.0 Å². The van der Waals surface area contributed by atoms with E-state index in [9.17, 15) is 0 Å². The van der Waals surface area contributed by atoms with Crippen LogP contribution in [0, 0.1) is 0 Å². The summed E-state index contributed by atoms with van der Waals surface area (Å²) >= 11 is 0. The van der Waals surface area contributed by atoms with Gasteiger partial charge in [0.25, 0.3) is 0 Å². The molecule has 0 spiro atoms. The topological polar surface area (TPSA) is 28.2 Å². The molecule has 1 aliphatic heterocycles. The monoisotopic (exact) mass is 267 g/mol. The molecule has 0 fully saturated rings. The summed E-state index contributed by atoms with van der Waals surface area (Å²) in [6, 6.07) is 13.5. The maximum Gasteiger partial charge on any atom is 0.126 e. The van der Waals surface area contributed by atoms with E-state index < -0.39 is 0 Å². The van der Waals surface area contributed by atoms with Crippen LogP contribution in [0.25, 0.3) is 0 Å². The van der Waals surface area contributed by atoms with Gasteiger partial charge < -0.3 is 10.2 Å². The molecule has 0 radical (unpaired) electrons. The van der Waals surface area contributed by atoms with Gasteiger partial charge in [-0.25, -0.2) is 4.98 Å². The van der Waals surface area contributed by atoms with Gasteiger partial charge in [0.2, 0.25) is 0 Å². The second kappa shape index (κ2) is 5.53. The first-order valence-electron chi connectivity index (χ1n) is 7.31. The first kappa shape index (κ1) is 13.0. The number of hydrogen-bond donors (Lipinski definition) is 1. The summed E-state index contributed by atoms with van der Waals surface area (Å²) in [5.41, 5.74) is 4.14. The van der Waals surface area contributed by atoms with Crippen LogP contribution < -0.4 is 10.2 Å². The highest BCUT2D eigenvalue weighted by atomic mass is 15.2. The van der Waals surface area contributed by atoms with Crippen molar-refractivity contribution in [2.45, 2.75) is 32.9 Å². The van der Waals surface area contributed by atoms with E-state index in [0.29, 0.717) is 6.04 Å². The minimum atomic E-state index is 0.558. The number of nitrogens with zero attached hydrogens (tertiary/aromatic N) is 2. The van der Waals surface area contributed by atoms with Gasteiger partial charge in [0.1, 0.15) is 5.82 Å². The average molecular weight is 267 g/mol. The maximum atomic E-state index is 4.34. The predicted octanol–water partition coefficient (Wildman–Crippen LogP) is 3.46. The van der Waals surface area contributed by atoms with Crippen molar-refractivity contribution in [1.82, 2.24) is 4.98 Å². The number of aromatic nitrogens is 1. The van der Waals surface area contributed by atoms with Gasteiger partial charge in [0.05, 0.1) is 0 Å². The molecule has 1 aromatic carbocycles. The van der Waals surface area contributed by atoms with Crippen molar-refractivity contribution in [3.8, 4) is 0 Å². The lowest BCUT2D eigenvalue weighted by Crippen LogP contribution is -2.28. The molecule has 0 bridgehead atoms. The Labute approximate surface area is 120 Å². The van der Waals surface area contributed by atoms with Gasteiger partial charge in [-0.2, -0.15) is 0 Å². The zero-order valence-electron chi connectivity index (χ0n) is 12.1. The molecule has 2 aromatic rings. The van der Waals surface area contributed by atoms with Gasteiger partial charge >= 0.3 is 0 Å². The summed E-state index contributed by atoms with van der Waals surface area (Å²) in [5, 5.41) is 3.27. The van der Waals surface area contributed by atoms with E-state index in [1.807, 2.05) is 6.20 Å². The molecule has 0 saturated heterocycles. The van der Waals surface area contributed by atoms with E-state index in [4.69, 9.17) is 0 Å². The third-order valence-electron chi connectivity index (χ3n) is 3.88. The van der Waals surface area contributed by atoms with E-state index in [-0.39, 0.29) is 0 Å². The van der Waals surface area contributed by atoms with E-state index in [1.54, 1.807) is 0 Å². The fourth-order valence-electron chi connectivity index (χ4n) is 2.92. The Morgan fingerprint density at radius 2 is 2.15 bits per heavy atom. The molecule has 2 heterocycles. The lowest BCUT2D eigenvalue weighted by molar-refractivity contribution is 0.672. The molecule has 0 aliphatic carbocycles. The number of hydrogen-bond acceptors (Lipinski definition) is 3. The normalized spacial score (nSPS) is 17.1. The summed E-state index contributed by atoms with van der Waals surface area (Å²) in [5.74, 6) is 0.963. The van der Waals surface area contributed by atoms with Crippen LogP contribution in [0.2, 0.25) is 0 Å². The molecule has 1 N–H and O–H groups in total. The molecule has 104 valence electrons. The number of nitrogens with one attached hydrogen (secondary N) is 1. The first-order valence-corrected chi connectivity index (χ1v) is 7.31. The predicted molar refractivity (Wildman–Crippen MR) is 84.2 cm³/mol. The summed E-state index contributed by atoms with van der Waals surface area (Å²) in [7, 11) is 0. The molecule has 0 saturated carbocycles. The van der Waals surface area contributed by atoms with Gasteiger partial charge in [0, 0.05) is 31.0 Å². The average Bonchev–Trinajstić information content (AvgIpc) is 2.76. The van der Waals surface area contributed by atoms with Gasteiger partial charge in [0.15, 0.2) is 0 Å². The Morgan fingerprint density at radius 3 is 3.00 bits per heavy atom. The molecule has 0 amide bonds. The lowest BCUT2D eigenvalue weighted by atomic mass is 10.1. The Kier molecular flexibility index (Phi) is 3.59. The van der Waals surface area contributed by atoms with Crippen molar-refractivity contribution >= 4 is 11.5 Å². The molecule has 3 heteroatoms. The molecule has 1 aliphatic rings. The Bertz CT molecular complexity index is 594. The fourth-order valence-corrected chi connectivity index (χ4v) is 2.92. The van der Waals surface area contributed by atoms with Gasteiger partial charge in [-0.05, 0) is 49.6 Å². The van der Waals surface area contributed by atoms with Gasteiger partial charge in [-0.3, -0.25) is 0 Å². The van der Waals surface area contributed by atoms with Gasteiger partial charge in [-0.15, -0.1) is 0 Å². The van der Waals surface area contributed by atoms with Crippen LogP contribution in [0.4, 0.5) is 11.5 Å². The SMILES string of the molecule is CCNc1cc(CN2c3ccccc3CC2C)ccn1. The van der Waals surface area contributed by atoms with Crippen LogP contribution in [0.3, 0.4) is 0 Å². The summed E-state index contributed by atoms with van der Waals surface area (Å²) < 4.78 is 0. The number of fused-ring (bicyclic) bond motifs is 1. The second-order valence-electron chi connectivity index (χ2n) is 5.39. The zero-order valence-corrected chi connectivity index (χ0v) is 12.1. The fraction of sp³-hybridized carbons (Fsp3) is 0.353. The van der Waals surface area contributed by atoms with Crippen molar-refractivity contribution in [3.05, 3.63) is 53.7 Å². The number of pyridine rings is 1. The molecule has 1 aromatic heterocycles. The summed E-state index contributed by atoms with van der Waals surface area (Å²) in [6.45, 7) is 6.23. The lowest BCUT2D eigenvalue weighted by Gasteiger charge is -2.25. The molecule has 3 nitrogen and oxygen atoms in total. The van der Waals surface area contributed by atoms with Crippen LogP contribution in [0.15, 0.2) is 42.6 Å². The molecule has 3 rings (SSSR count). The van der Waals surface area contributed by atoms with E-state index in [0.717, 1.165) is 25.3 Å². The third-order valence-corrected chi connectivity index (χ3v) is 3.88. The number of para-hydroxylation sites is 1. The number of rotatable bonds is 4. The van der Waals surface area contributed by atoms with Crippen LogP contribution >= 0.6 is 0 Å². The summed E-state index contributed by atoms with van der Waals surface area (Å²) in [6.07, 6.45) is 3.03. The van der Waals surface area contributed by atoms with Crippen molar-refractivity contribution in [2.75, 3.05) is 16.8 Å². The molecular formula is C17H21N3. The zero-order chi connectivity index (χ0) is 13.9. The highest BCUT2D eigenvalue weighted by molar-refractivity contribution is 5.59. The minimum absolute atomic E-state index is 0.558. The summed E-state index contributed by atoms with van der Waals surface area (Å²) in [4.78, 5) is 6.82. The van der Waals surface area contributed by atoms with E-state index in [1.165, 1.54) is 16.8 Å². The third kappa shape index (κ3) is 2.48. The molecular weight excluding hydrogens is 246 g/mol. The van der Waals surface area contributed by atoms with Crippen molar-refractivity contribution < 1.29 is 0 Å². The molecule has 1 unspecified atom stereocenters. The van der Waals surface area contributed by atoms with E-state index >= 15 is 0 Å². The minimum Gasteiger partial charge on any atom is -0.370 e. The Balaban J connectivity index is 1.82. The first-order chi connectivity index (χ1) is 9.78. The number of benzene rings is 1. The van der Waals surface area contributed by atoms with E-state index in [2.05, 4.69) is 65.4 Å². The quantitative estimate of drug-likeness (QED) is 0.919. The van der Waals surface area contributed by atoms with Crippen molar-refractivity contribution in [3.63, 3.8) is 0 Å². The Hall–Kier alpha value is -2.03. The smallest absolute Gasteiger partial charge is 0.126 e. The second-order valence-corrected chi connectivity index (χ2v) is 5.39. The van der Waals surface area contributed by atoms with Crippen LogP contribution in [-0.4, -0.2) is 17.6 Å². The highest BCUT2D eigenvalue weighted by Crippen LogP contribution is 2.33. The Morgan fingerprint density at radius 1 is 1.30 bits per heavy atom. The molecule has 1 atom stereocenters. The van der Waals surface area contributed by atoms with Crippen molar-refractivity contribution in [2.24, 2.45) is 0 Å². The number of anilines is 2.